The average molecular weight is 470 g/mol. The highest BCUT2D eigenvalue weighted by Gasteiger charge is 2.33. The van der Waals surface area contributed by atoms with Crippen LogP contribution in [0.15, 0.2) is 30.3 Å². The van der Waals surface area contributed by atoms with Crippen molar-refractivity contribution in [1.82, 2.24) is 20.0 Å². The van der Waals surface area contributed by atoms with E-state index in [4.69, 9.17) is 0 Å². The fourth-order valence-corrected chi connectivity index (χ4v) is 3.30. The lowest BCUT2D eigenvalue weighted by Gasteiger charge is -2.28. The predicted octanol–water partition coefficient (Wildman–Crippen LogP) is 2.52. The first-order valence-corrected chi connectivity index (χ1v) is 9.55. The third kappa shape index (κ3) is 6.07. The fourth-order valence-electron chi connectivity index (χ4n) is 3.30. The van der Waals surface area contributed by atoms with Crippen LogP contribution < -0.4 is 10.6 Å². The zero-order valence-corrected chi connectivity index (χ0v) is 19.7. The lowest BCUT2D eigenvalue weighted by Crippen LogP contribution is -2.43. The Morgan fingerprint density at radius 1 is 0.935 bits per heavy atom. The molecular formula is C21H29Cl2N5O3. The highest BCUT2D eigenvalue weighted by atomic mass is 35.5. The molecular weight excluding hydrogens is 441 g/mol. The maximum Gasteiger partial charge on any atom is 0.319 e. The Bertz CT molecular complexity index is 965. The van der Waals surface area contributed by atoms with Gasteiger partial charge >= 0.3 is 6.03 Å². The number of likely N-dealkylation sites (N-methyl/N-ethyl adjacent to an activating group) is 2. The van der Waals surface area contributed by atoms with Crippen LogP contribution in [0.5, 0.6) is 0 Å². The van der Waals surface area contributed by atoms with E-state index in [1.165, 1.54) is 4.90 Å². The number of urea groups is 1. The van der Waals surface area contributed by atoms with E-state index in [9.17, 15) is 14.4 Å². The van der Waals surface area contributed by atoms with Crippen LogP contribution in [0.1, 0.15) is 20.7 Å². The van der Waals surface area contributed by atoms with Crippen LogP contribution in [0.2, 0.25) is 0 Å². The number of anilines is 1. The Balaban J connectivity index is 0.00000240. The summed E-state index contributed by atoms with van der Waals surface area (Å²) in [6.07, 6.45) is 0. The molecule has 0 atom stereocenters. The van der Waals surface area contributed by atoms with Crippen molar-refractivity contribution in [3.05, 3.63) is 41.5 Å². The van der Waals surface area contributed by atoms with Gasteiger partial charge in [0.05, 0.1) is 5.56 Å². The molecule has 0 saturated carbocycles. The Morgan fingerprint density at radius 3 is 2.23 bits per heavy atom. The maximum absolute atomic E-state index is 13.1. The molecule has 0 unspecified atom stereocenters. The summed E-state index contributed by atoms with van der Waals surface area (Å²) in [5, 5.41) is 6.97. The van der Waals surface area contributed by atoms with Crippen LogP contribution in [-0.2, 0) is 0 Å². The summed E-state index contributed by atoms with van der Waals surface area (Å²) >= 11 is 0. The van der Waals surface area contributed by atoms with Gasteiger partial charge in [-0.15, -0.1) is 24.8 Å². The van der Waals surface area contributed by atoms with Crippen LogP contribution >= 0.6 is 24.8 Å². The predicted molar refractivity (Wildman–Crippen MR) is 128 cm³/mol. The molecule has 0 bridgehead atoms. The fraction of sp³-hybridized carbons (Fsp3) is 0.381. The van der Waals surface area contributed by atoms with Gasteiger partial charge < -0.3 is 20.4 Å². The molecule has 0 aromatic heterocycles. The number of hydrogen-bond donors (Lipinski definition) is 2. The van der Waals surface area contributed by atoms with Crippen LogP contribution in [0.4, 0.5) is 10.5 Å². The van der Waals surface area contributed by atoms with Gasteiger partial charge in [0, 0.05) is 42.8 Å². The molecule has 1 aliphatic rings. The Labute approximate surface area is 194 Å². The monoisotopic (exact) mass is 469 g/mol. The summed E-state index contributed by atoms with van der Waals surface area (Å²) in [7, 11) is 7.65. The summed E-state index contributed by atoms with van der Waals surface area (Å²) in [4.78, 5) is 43.3. The molecule has 0 saturated heterocycles. The van der Waals surface area contributed by atoms with Gasteiger partial charge in [-0.1, -0.05) is 12.1 Å². The number of benzene rings is 2. The summed E-state index contributed by atoms with van der Waals surface area (Å²) in [6.45, 7) is 2.12. The van der Waals surface area contributed by atoms with Crippen LogP contribution in [0.25, 0.3) is 10.8 Å². The van der Waals surface area contributed by atoms with Crippen LogP contribution in [0, 0.1) is 0 Å². The van der Waals surface area contributed by atoms with Crippen LogP contribution in [0.3, 0.4) is 0 Å². The molecule has 1 aliphatic heterocycles. The molecule has 1 heterocycles. The normalized spacial score (nSPS) is 12.6. The van der Waals surface area contributed by atoms with E-state index < -0.39 is 0 Å². The van der Waals surface area contributed by atoms with Gasteiger partial charge in [-0.05, 0) is 51.8 Å². The first-order valence-electron chi connectivity index (χ1n) is 9.55. The SMILES string of the molecule is CN(C)CCNC(=O)Nc1cc2c3c(cccc3c1)C(=O)N(CCN(C)C)C2=O.Cl.Cl. The number of amides is 4. The van der Waals surface area contributed by atoms with Gasteiger partial charge in [-0.2, -0.15) is 0 Å². The lowest BCUT2D eigenvalue weighted by molar-refractivity contribution is 0.0601. The van der Waals surface area contributed by atoms with E-state index in [0.29, 0.717) is 41.8 Å². The molecule has 170 valence electrons. The van der Waals surface area contributed by atoms with E-state index >= 15 is 0 Å². The standard InChI is InChI=1S/C21H27N5O3.2ClH/c1-24(2)9-8-22-21(29)23-15-12-14-6-5-7-16-18(14)17(13-15)20(28)26(19(16)27)11-10-25(3)4;;/h5-7,12-13H,8-11H2,1-4H3,(H2,22,23,29);2*1H. The number of hydrogen-bond acceptors (Lipinski definition) is 5. The second-order valence-electron chi connectivity index (χ2n) is 7.68. The quantitative estimate of drug-likeness (QED) is 0.608. The second-order valence-corrected chi connectivity index (χ2v) is 7.68. The largest absolute Gasteiger partial charge is 0.337 e. The van der Waals surface area contributed by atoms with Gasteiger partial charge in [-0.25, -0.2) is 4.79 Å². The van der Waals surface area contributed by atoms with Crippen molar-refractivity contribution >= 4 is 59.1 Å². The van der Waals surface area contributed by atoms with Crippen molar-refractivity contribution in [2.24, 2.45) is 0 Å². The molecule has 0 spiro atoms. The van der Waals surface area contributed by atoms with Gasteiger partial charge in [0.25, 0.3) is 11.8 Å². The molecule has 10 heteroatoms. The Morgan fingerprint density at radius 2 is 1.58 bits per heavy atom. The van der Waals surface area contributed by atoms with Crippen molar-refractivity contribution in [2.45, 2.75) is 0 Å². The Hall–Kier alpha value is -2.39. The number of nitrogens with zero attached hydrogens (tertiary/aromatic N) is 3. The number of imide groups is 1. The third-order valence-corrected chi connectivity index (χ3v) is 4.80. The topological polar surface area (TPSA) is 85.0 Å². The van der Waals surface area contributed by atoms with E-state index in [1.807, 2.05) is 44.1 Å². The van der Waals surface area contributed by atoms with E-state index in [-0.39, 0.29) is 42.7 Å². The van der Waals surface area contributed by atoms with Gasteiger partial charge in [-0.3, -0.25) is 14.5 Å². The second kappa shape index (κ2) is 11.3. The summed E-state index contributed by atoms with van der Waals surface area (Å²) in [6, 6.07) is 8.47. The minimum Gasteiger partial charge on any atom is -0.337 e. The zero-order valence-electron chi connectivity index (χ0n) is 18.1. The first-order chi connectivity index (χ1) is 13.8. The van der Waals surface area contributed by atoms with Gasteiger partial charge in [0.1, 0.15) is 0 Å². The molecule has 0 fully saturated rings. The summed E-state index contributed by atoms with van der Waals surface area (Å²) in [5.74, 6) is -0.616. The van der Waals surface area contributed by atoms with Crippen LogP contribution in [-0.4, -0.2) is 86.9 Å². The molecule has 2 N–H and O–H groups in total. The maximum atomic E-state index is 13.1. The number of halogens is 2. The number of carbonyl (C=O) groups excluding carboxylic acids is 3. The van der Waals surface area contributed by atoms with Crippen molar-refractivity contribution in [3.63, 3.8) is 0 Å². The summed E-state index contributed by atoms with van der Waals surface area (Å²) < 4.78 is 0. The number of rotatable bonds is 7. The highest BCUT2D eigenvalue weighted by molar-refractivity contribution is 6.26. The molecule has 31 heavy (non-hydrogen) atoms. The smallest absolute Gasteiger partial charge is 0.319 e. The molecule has 0 aliphatic carbocycles. The minimum atomic E-state index is -0.336. The molecule has 3 rings (SSSR count). The lowest BCUT2D eigenvalue weighted by atomic mass is 9.93. The molecule has 4 amide bonds. The molecule has 2 aromatic rings. The summed E-state index contributed by atoms with van der Waals surface area (Å²) in [5.41, 5.74) is 1.46. The Kier molecular flexibility index (Phi) is 9.71. The molecule has 0 radical (unpaired) electrons. The van der Waals surface area contributed by atoms with E-state index in [0.717, 1.165) is 11.9 Å². The highest BCUT2D eigenvalue weighted by Crippen LogP contribution is 2.32. The van der Waals surface area contributed by atoms with Crippen molar-refractivity contribution in [1.29, 1.82) is 0 Å². The average Bonchev–Trinajstić information content (AvgIpc) is 2.65. The minimum absolute atomic E-state index is 0. The van der Waals surface area contributed by atoms with Gasteiger partial charge in [0.2, 0.25) is 0 Å². The van der Waals surface area contributed by atoms with Gasteiger partial charge in [0.15, 0.2) is 0 Å². The third-order valence-electron chi connectivity index (χ3n) is 4.80. The molecule has 8 nitrogen and oxygen atoms in total. The van der Waals surface area contributed by atoms with E-state index in [2.05, 4.69) is 10.6 Å². The van der Waals surface area contributed by atoms with E-state index in [1.54, 1.807) is 24.3 Å². The van der Waals surface area contributed by atoms with Crippen molar-refractivity contribution in [2.75, 3.05) is 59.7 Å². The number of carbonyl (C=O) groups is 3. The first kappa shape index (κ1) is 26.6. The zero-order chi connectivity index (χ0) is 21.1. The van der Waals surface area contributed by atoms with Crippen molar-refractivity contribution in [3.8, 4) is 0 Å². The molecule has 2 aromatic carbocycles. The van der Waals surface area contributed by atoms with Crippen molar-refractivity contribution < 1.29 is 14.4 Å². The number of nitrogens with one attached hydrogen (secondary N) is 2.